The van der Waals surface area contributed by atoms with Crippen LogP contribution in [0.1, 0.15) is 26.7 Å². The molecule has 1 aliphatic heterocycles. The molecule has 1 aliphatic rings. The zero-order valence-electron chi connectivity index (χ0n) is 9.56. The van der Waals surface area contributed by atoms with Crippen LogP contribution in [0, 0.1) is 0 Å². The van der Waals surface area contributed by atoms with Gasteiger partial charge >= 0.3 is 12.0 Å². The predicted octanol–water partition coefficient (Wildman–Crippen LogP) is 0.0159. The van der Waals surface area contributed by atoms with Crippen molar-refractivity contribution < 1.29 is 19.8 Å². The topological polar surface area (TPSA) is 89.9 Å². The van der Waals surface area contributed by atoms with E-state index in [1.54, 1.807) is 6.92 Å². The highest BCUT2D eigenvalue weighted by Gasteiger charge is 2.30. The van der Waals surface area contributed by atoms with Crippen LogP contribution < -0.4 is 5.32 Å². The third-order valence-corrected chi connectivity index (χ3v) is 2.84. The third-order valence-electron chi connectivity index (χ3n) is 2.84. The van der Waals surface area contributed by atoms with Crippen LogP contribution in [-0.4, -0.2) is 51.8 Å². The van der Waals surface area contributed by atoms with E-state index >= 15 is 0 Å². The maximum absolute atomic E-state index is 11.6. The lowest BCUT2D eigenvalue weighted by atomic mass is 9.94. The average Bonchev–Trinajstić information content (AvgIpc) is 2.17. The van der Waals surface area contributed by atoms with Gasteiger partial charge in [0.15, 0.2) is 0 Å². The van der Waals surface area contributed by atoms with Crippen molar-refractivity contribution in [2.75, 3.05) is 13.1 Å². The molecular formula is C10H18N2O4. The molecule has 0 aromatic carbocycles. The van der Waals surface area contributed by atoms with E-state index in [2.05, 4.69) is 5.32 Å². The Labute approximate surface area is 94.2 Å². The largest absolute Gasteiger partial charge is 0.480 e. The van der Waals surface area contributed by atoms with Gasteiger partial charge in [0.2, 0.25) is 0 Å². The Morgan fingerprint density at radius 2 is 1.88 bits per heavy atom. The van der Waals surface area contributed by atoms with E-state index in [0.717, 1.165) is 0 Å². The molecule has 6 heteroatoms. The number of likely N-dealkylation sites (tertiary alicyclic amines) is 1. The van der Waals surface area contributed by atoms with E-state index in [9.17, 15) is 14.7 Å². The summed E-state index contributed by atoms with van der Waals surface area (Å²) < 4.78 is 0. The van der Waals surface area contributed by atoms with Crippen LogP contribution >= 0.6 is 0 Å². The van der Waals surface area contributed by atoms with Gasteiger partial charge in [-0.05, 0) is 26.7 Å². The molecule has 0 aromatic rings. The molecule has 2 amide bonds. The van der Waals surface area contributed by atoms with Crippen LogP contribution in [-0.2, 0) is 4.79 Å². The maximum Gasteiger partial charge on any atom is 0.325 e. The number of carbonyl (C=O) groups is 2. The van der Waals surface area contributed by atoms with Gasteiger partial charge in [-0.2, -0.15) is 0 Å². The number of nitrogens with one attached hydrogen (secondary N) is 1. The lowest BCUT2D eigenvalue weighted by molar-refractivity contribution is -0.138. The van der Waals surface area contributed by atoms with E-state index in [1.165, 1.54) is 11.8 Å². The number of aliphatic hydroxyl groups is 1. The van der Waals surface area contributed by atoms with Gasteiger partial charge < -0.3 is 20.4 Å². The molecule has 1 unspecified atom stereocenters. The first-order valence-corrected chi connectivity index (χ1v) is 5.32. The summed E-state index contributed by atoms with van der Waals surface area (Å²) in [5.74, 6) is -1.06. The summed E-state index contributed by atoms with van der Waals surface area (Å²) in [4.78, 5) is 23.7. The van der Waals surface area contributed by atoms with Gasteiger partial charge in [-0.15, -0.1) is 0 Å². The van der Waals surface area contributed by atoms with Gasteiger partial charge in [0.1, 0.15) is 6.04 Å². The SMILES string of the molecule is CC(NC(=O)N1CCC(C)(O)CC1)C(=O)O. The molecule has 1 saturated heterocycles. The minimum absolute atomic E-state index is 0.384. The summed E-state index contributed by atoms with van der Waals surface area (Å²) in [5.41, 5.74) is -0.713. The number of hydrogen-bond acceptors (Lipinski definition) is 3. The molecule has 0 bridgehead atoms. The molecule has 1 rings (SSSR count). The molecule has 6 nitrogen and oxygen atoms in total. The first kappa shape index (κ1) is 12.8. The molecule has 0 aliphatic carbocycles. The van der Waals surface area contributed by atoms with Gasteiger partial charge in [-0.3, -0.25) is 4.79 Å². The lowest BCUT2D eigenvalue weighted by Crippen LogP contribution is -2.51. The predicted molar refractivity (Wildman–Crippen MR) is 57.1 cm³/mol. The number of carboxylic acids is 1. The number of carboxylic acid groups (broad SMARTS) is 1. The van der Waals surface area contributed by atoms with E-state index in [0.29, 0.717) is 25.9 Å². The Balaban J connectivity index is 2.42. The number of aliphatic carboxylic acids is 1. The monoisotopic (exact) mass is 230 g/mol. The molecular weight excluding hydrogens is 212 g/mol. The Kier molecular flexibility index (Phi) is 3.74. The van der Waals surface area contributed by atoms with Crippen molar-refractivity contribution in [1.82, 2.24) is 10.2 Å². The number of urea groups is 1. The highest BCUT2D eigenvalue weighted by molar-refractivity contribution is 5.82. The quantitative estimate of drug-likeness (QED) is 0.623. The standard InChI is InChI=1S/C10H18N2O4/c1-7(8(13)14)11-9(15)12-5-3-10(2,16)4-6-12/h7,16H,3-6H2,1-2H3,(H,11,15)(H,13,14). The normalized spacial score (nSPS) is 21.3. The number of piperidine rings is 1. The van der Waals surface area contributed by atoms with E-state index in [-0.39, 0.29) is 6.03 Å². The highest BCUT2D eigenvalue weighted by atomic mass is 16.4. The fourth-order valence-corrected chi connectivity index (χ4v) is 1.53. The van der Waals surface area contributed by atoms with Crippen molar-refractivity contribution in [1.29, 1.82) is 0 Å². The van der Waals surface area contributed by atoms with Crippen molar-refractivity contribution in [2.45, 2.75) is 38.3 Å². The minimum atomic E-state index is -1.06. The zero-order valence-corrected chi connectivity index (χ0v) is 9.56. The number of hydrogen-bond donors (Lipinski definition) is 3. The molecule has 0 aromatic heterocycles. The Bertz CT molecular complexity index is 281. The molecule has 0 spiro atoms. The molecule has 1 heterocycles. The van der Waals surface area contributed by atoms with Crippen molar-refractivity contribution >= 4 is 12.0 Å². The molecule has 1 fully saturated rings. The summed E-state index contributed by atoms with van der Waals surface area (Å²) >= 11 is 0. The molecule has 0 radical (unpaired) electrons. The summed E-state index contributed by atoms with van der Waals surface area (Å²) in [7, 11) is 0. The second-order valence-electron chi connectivity index (χ2n) is 4.49. The fraction of sp³-hybridized carbons (Fsp3) is 0.800. The van der Waals surface area contributed by atoms with Crippen LogP contribution in [0.2, 0.25) is 0 Å². The maximum atomic E-state index is 11.6. The van der Waals surface area contributed by atoms with Crippen LogP contribution in [0.3, 0.4) is 0 Å². The van der Waals surface area contributed by atoms with Crippen molar-refractivity contribution in [3.8, 4) is 0 Å². The molecule has 16 heavy (non-hydrogen) atoms. The van der Waals surface area contributed by atoms with Gasteiger partial charge in [-0.25, -0.2) is 4.79 Å². The van der Waals surface area contributed by atoms with Crippen LogP contribution in [0.5, 0.6) is 0 Å². The van der Waals surface area contributed by atoms with Crippen LogP contribution in [0.15, 0.2) is 0 Å². The number of carbonyl (C=O) groups excluding carboxylic acids is 1. The minimum Gasteiger partial charge on any atom is -0.480 e. The first-order chi connectivity index (χ1) is 7.32. The fourth-order valence-electron chi connectivity index (χ4n) is 1.53. The second kappa shape index (κ2) is 4.69. The van der Waals surface area contributed by atoms with Crippen LogP contribution in [0.25, 0.3) is 0 Å². The van der Waals surface area contributed by atoms with Gasteiger partial charge in [0, 0.05) is 13.1 Å². The van der Waals surface area contributed by atoms with Gasteiger partial charge in [0.25, 0.3) is 0 Å². The van der Waals surface area contributed by atoms with Crippen molar-refractivity contribution in [3.63, 3.8) is 0 Å². The zero-order chi connectivity index (χ0) is 12.3. The smallest absolute Gasteiger partial charge is 0.325 e. The summed E-state index contributed by atoms with van der Waals surface area (Å²) in [6.07, 6.45) is 1.03. The van der Waals surface area contributed by atoms with Crippen molar-refractivity contribution in [3.05, 3.63) is 0 Å². The Morgan fingerprint density at radius 1 is 1.38 bits per heavy atom. The second-order valence-corrected chi connectivity index (χ2v) is 4.49. The summed E-state index contributed by atoms with van der Waals surface area (Å²) in [6, 6.07) is -1.28. The average molecular weight is 230 g/mol. The van der Waals surface area contributed by atoms with E-state index < -0.39 is 17.6 Å². The summed E-state index contributed by atoms with van der Waals surface area (Å²) in [6.45, 7) is 4.05. The third kappa shape index (κ3) is 3.37. The van der Waals surface area contributed by atoms with Crippen LogP contribution in [0.4, 0.5) is 4.79 Å². The molecule has 0 saturated carbocycles. The van der Waals surface area contributed by atoms with Crippen molar-refractivity contribution in [2.24, 2.45) is 0 Å². The summed E-state index contributed by atoms with van der Waals surface area (Å²) in [5, 5.41) is 20.7. The highest BCUT2D eigenvalue weighted by Crippen LogP contribution is 2.20. The molecule has 92 valence electrons. The Hall–Kier alpha value is -1.30. The molecule has 1 atom stereocenters. The van der Waals surface area contributed by atoms with E-state index in [1.807, 2.05) is 0 Å². The van der Waals surface area contributed by atoms with E-state index in [4.69, 9.17) is 5.11 Å². The number of nitrogens with zero attached hydrogens (tertiary/aromatic N) is 1. The number of rotatable bonds is 2. The Morgan fingerprint density at radius 3 is 2.31 bits per heavy atom. The number of amides is 2. The first-order valence-electron chi connectivity index (χ1n) is 5.32. The van der Waals surface area contributed by atoms with Gasteiger partial charge in [-0.1, -0.05) is 0 Å². The lowest BCUT2D eigenvalue weighted by Gasteiger charge is -2.35. The van der Waals surface area contributed by atoms with Gasteiger partial charge in [0.05, 0.1) is 5.60 Å². The molecule has 3 N–H and O–H groups in total.